The Labute approximate surface area is 61.0 Å². The van der Waals surface area contributed by atoms with Crippen molar-refractivity contribution in [3.63, 3.8) is 0 Å². The van der Waals surface area contributed by atoms with Gasteiger partial charge in [0.1, 0.15) is 0 Å². The number of nitrogens with two attached hydrogens (primary N) is 1. The summed E-state index contributed by atoms with van der Waals surface area (Å²) in [6.07, 6.45) is 1.65. The van der Waals surface area contributed by atoms with Crippen molar-refractivity contribution in [2.24, 2.45) is 11.7 Å². The maximum absolute atomic E-state index is 10.5. The zero-order chi connectivity index (χ0) is 7.56. The lowest BCUT2D eigenvalue weighted by molar-refractivity contribution is -0.118. The molecule has 10 heavy (non-hydrogen) atoms. The fourth-order valence-corrected chi connectivity index (χ4v) is 1.39. The first-order valence-electron chi connectivity index (χ1n) is 3.72. The van der Waals surface area contributed by atoms with E-state index in [2.05, 4.69) is 12.2 Å². The Morgan fingerprint density at radius 3 is 2.90 bits per heavy atom. The molecular formula is C7H14N2O. The minimum Gasteiger partial charge on any atom is -0.370 e. The maximum atomic E-state index is 10.5. The average Bonchev–Trinajstić information content (AvgIpc) is 2.15. The zero-order valence-corrected chi connectivity index (χ0v) is 6.26. The van der Waals surface area contributed by atoms with Gasteiger partial charge in [-0.3, -0.25) is 4.79 Å². The SMILES string of the molecule is CC1CCNC1CC(N)=O. The molecular weight excluding hydrogens is 128 g/mol. The van der Waals surface area contributed by atoms with Gasteiger partial charge in [-0.2, -0.15) is 0 Å². The second-order valence-corrected chi connectivity index (χ2v) is 3.00. The van der Waals surface area contributed by atoms with Crippen molar-refractivity contribution in [2.75, 3.05) is 6.54 Å². The van der Waals surface area contributed by atoms with Crippen LogP contribution in [0.4, 0.5) is 0 Å². The smallest absolute Gasteiger partial charge is 0.218 e. The van der Waals surface area contributed by atoms with Crippen molar-refractivity contribution in [1.82, 2.24) is 5.32 Å². The summed E-state index contributed by atoms with van der Waals surface area (Å²) in [5, 5.41) is 3.24. The molecule has 0 spiro atoms. The fraction of sp³-hybridized carbons (Fsp3) is 0.857. The minimum absolute atomic E-state index is 0.203. The molecule has 0 saturated carbocycles. The summed E-state index contributed by atoms with van der Waals surface area (Å²) < 4.78 is 0. The van der Waals surface area contributed by atoms with Crippen molar-refractivity contribution < 1.29 is 4.79 Å². The first-order valence-corrected chi connectivity index (χ1v) is 3.72. The molecule has 3 nitrogen and oxygen atoms in total. The minimum atomic E-state index is -0.203. The van der Waals surface area contributed by atoms with Crippen LogP contribution in [-0.2, 0) is 4.79 Å². The highest BCUT2D eigenvalue weighted by Crippen LogP contribution is 2.16. The van der Waals surface area contributed by atoms with Crippen LogP contribution >= 0.6 is 0 Å². The summed E-state index contributed by atoms with van der Waals surface area (Å²) in [6, 6.07) is 0.331. The lowest BCUT2D eigenvalue weighted by Gasteiger charge is -2.12. The number of hydrogen-bond donors (Lipinski definition) is 2. The fourth-order valence-electron chi connectivity index (χ4n) is 1.39. The number of rotatable bonds is 2. The van der Waals surface area contributed by atoms with Crippen LogP contribution in [0.3, 0.4) is 0 Å². The van der Waals surface area contributed by atoms with E-state index in [9.17, 15) is 4.79 Å². The van der Waals surface area contributed by atoms with E-state index in [-0.39, 0.29) is 5.91 Å². The third kappa shape index (κ3) is 1.70. The highest BCUT2D eigenvalue weighted by Gasteiger charge is 2.23. The average molecular weight is 142 g/mol. The van der Waals surface area contributed by atoms with Gasteiger partial charge >= 0.3 is 0 Å². The molecule has 1 rings (SSSR count). The number of carbonyl (C=O) groups is 1. The number of hydrogen-bond acceptors (Lipinski definition) is 2. The Morgan fingerprint density at radius 1 is 1.80 bits per heavy atom. The second-order valence-electron chi connectivity index (χ2n) is 3.00. The van der Waals surface area contributed by atoms with E-state index < -0.39 is 0 Å². The molecule has 1 fully saturated rings. The number of amides is 1. The van der Waals surface area contributed by atoms with Crippen molar-refractivity contribution in [3.05, 3.63) is 0 Å². The topological polar surface area (TPSA) is 55.1 Å². The molecule has 1 amide bonds. The Hall–Kier alpha value is -0.570. The summed E-state index contributed by atoms with van der Waals surface area (Å²) in [6.45, 7) is 3.17. The second kappa shape index (κ2) is 3.01. The molecule has 1 saturated heterocycles. The van der Waals surface area contributed by atoms with Crippen molar-refractivity contribution in [1.29, 1.82) is 0 Å². The molecule has 58 valence electrons. The largest absolute Gasteiger partial charge is 0.370 e. The first kappa shape index (κ1) is 7.54. The molecule has 0 aromatic carbocycles. The monoisotopic (exact) mass is 142 g/mol. The molecule has 0 aromatic heterocycles. The van der Waals surface area contributed by atoms with Crippen LogP contribution < -0.4 is 11.1 Å². The van der Waals surface area contributed by atoms with E-state index >= 15 is 0 Å². The van der Waals surface area contributed by atoms with Crippen LogP contribution in [0.25, 0.3) is 0 Å². The lowest BCUT2D eigenvalue weighted by atomic mass is 10.0. The van der Waals surface area contributed by atoms with Gasteiger partial charge in [0.05, 0.1) is 0 Å². The van der Waals surface area contributed by atoms with Crippen molar-refractivity contribution >= 4 is 5.91 Å². The molecule has 1 aliphatic rings. The zero-order valence-electron chi connectivity index (χ0n) is 6.26. The van der Waals surface area contributed by atoms with Crippen LogP contribution in [0.5, 0.6) is 0 Å². The van der Waals surface area contributed by atoms with E-state index in [1.807, 2.05) is 0 Å². The molecule has 3 heteroatoms. The van der Waals surface area contributed by atoms with E-state index in [4.69, 9.17) is 5.73 Å². The van der Waals surface area contributed by atoms with Crippen molar-refractivity contribution in [2.45, 2.75) is 25.8 Å². The molecule has 0 aromatic rings. The molecule has 2 atom stereocenters. The first-order chi connectivity index (χ1) is 4.70. The molecule has 0 aliphatic carbocycles. The predicted molar refractivity (Wildman–Crippen MR) is 39.4 cm³/mol. The molecule has 3 N–H and O–H groups in total. The van der Waals surface area contributed by atoms with Gasteiger partial charge in [0.2, 0.25) is 5.91 Å². The molecule has 0 radical (unpaired) electrons. The van der Waals surface area contributed by atoms with Gasteiger partial charge in [0.15, 0.2) is 0 Å². The summed E-state index contributed by atoms with van der Waals surface area (Å²) in [7, 11) is 0. The highest BCUT2D eigenvalue weighted by atomic mass is 16.1. The van der Waals surface area contributed by atoms with E-state index in [0.29, 0.717) is 18.4 Å². The Morgan fingerprint density at radius 2 is 2.50 bits per heavy atom. The number of primary amides is 1. The lowest BCUT2D eigenvalue weighted by Crippen LogP contribution is -2.31. The van der Waals surface area contributed by atoms with Gasteiger partial charge in [-0.25, -0.2) is 0 Å². The van der Waals surface area contributed by atoms with Gasteiger partial charge < -0.3 is 11.1 Å². The quantitative estimate of drug-likeness (QED) is 0.564. The molecule has 0 bridgehead atoms. The van der Waals surface area contributed by atoms with Crippen LogP contribution in [-0.4, -0.2) is 18.5 Å². The highest BCUT2D eigenvalue weighted by molar-refractivity contribution is 5.74. The summed E-state index contributed by atoms with van der Waals surface area (Å²) in [5.74, 6) is 0.402. The summed E-state index contributed by atoms with van der Waals surface area (Å²) in [5.41, 5.74) is 5.06. The predicted octanol–water partition coefficient (Wildman–Crippen LogP) is -0.140. The van der Waals surface area contributed by atoms with Crippen molar-refractivity contribution in [3.8, 4) is 0 Å². The van der Waals surface area contributed by atoms with Gasteiger partial charge in [-0.15, -0.1) is 0 Å². The van der Waals surface area contributed by atoms with Gasteiger partial charge in [0, 0.05) is 12.5 Å². The van der Waals surface area contributed by atoms with Crippen LogP contribution in [0, 0.1) is 5.92 Å². The van der Waals surface area contributed by atoms with Crippen LogP contribution in [0.2, 0.25) is 0 Å². The van der Waals surface area contributed by atoms with Gasteiger partial charge in [-0.05, 0) is 18.9 Å². The molecule has 2 unspecified atom stereocenters. The van der Waals surface area contributed by atoms with Crippen LogP contribution in [0.15, 0.2) is 0 Å². The normalized spacial score (nSPS) is 32.5. The maximum Gasteiger partial charge on any atom is 0.218 e. The van der Waals surface area contributed by atoms with Crippen LogP contribution in [0.1, 0.15) is 19.8 Å². The third-order valence-electron chi connectivity index (χ3n) is 2.11. The van der Waals surface area contributed by atoms with E-state index in [1.54, 1.807) is 0 Å². The summed E-state index contributed by atoms with van der Waals surface area (Å²) in [4.78, 5) is 10.5. The third-order valence-corrected chi connectivity index (χ3v) is 2.11. The van der Waals surface area contributed by atoms with Gasteiger partial charge in [-0.1, -0.05) is 6.92 Å². The standard InChI is InChI=1S/C7H14N2O/c1-5-2-3-9-6(5)4-7(8)10/h5-6,9H,2-4H2,1H3,(H2,8,10). The molecule has 1 heterocycles. The summed E-state index contributed by atoms with van der Waals surface area (Å²) >= 11 is 0. The number of carbonyl (C=O) groups excluding carboxylic acids is 1. The Balaban J connectivity index is 2.33. The Kier molecular flexibility index (Phi) is 2.27. The van der Waals surface area contributed by atoms with Gasteiger partial charge in [0.25, 0.3) is 0 Å². The molecule has 1 aliphatic heterocycles. The van der Waals surface area contributed by atoms with E-state index in [0.717, 1.165) is 13.0 Å². The number of nitrogens with one attached hydrogen (secondary N) is 1. The van der Waals surface area contributed by atoms with E-state index in [1.165, 1.54) is 0 Å². The Bertz CT molecular complexity index is 136.